The molecule has 82 valence electrons. The van der Waals surface area contributed by atoms with Gasteiger partial charge in [0.2, 0.25) is 0 Å². The van der Waals surface area contributed by atoms with E-state index in [4.69, 9.17) is 9.66 Å². The summed E-state index contributed by atoms with van der Waals surface area (Å²) in [6.45, 7) is 0.0138. The molecule has 0 unspecified atom stereocenters. The van der Waals surface area contributed by atoms with Crippen molar-refractivity contribution < 1.29 is 27.4 Å². The van der Waals surface area contributed by atoms with Crippen LogP contribution in [0.15, 0.2) is 24.5 Å². The first-order valence-corrected chi connectivity index (χ1v) is 5.67. The minimum atomic E-state index is -4.02. The van der Waals surface area contributed by atoms with E-state index in [0.29, 0.717) is 0 Å². The summed E-state index contributed by atoms with van der Waals surface area (Å²) >= 11 is 0. The highest BCUT2D eigenvalue weighted by atomic mass is 32.2. The van der Waals surface area contributed by atoms with Crippen LogP contribution >= 0.6 is 0 Å². The van der Waals surface area contributed by atoms with Gasteiger partial charge in [0.25, 0.3) is 10.1 Å². The predicted octanol–water partition coefficient (Wildman–Crippen LogP) is -0.440. The van der Waals surface area contributed by atoms with Crippen molar-refractivity contribution in [3.8, 4) is 0 Å². The number of hydrogen-bond donors (Lipinski definition) is 2. The highest BCUT2D eigenvalue weighted by molar-refractivity contribution is 7.85. The van der Waals surface area contributed by atoms with Gasteiger partial charge >= 0.3 is 5.97 Å². The largest absolute Gasteiger partial charge is 0.477 e. The van der Waals surface area contributed by atoms with E-state index >= 15 is 0 Å². The molecule has 0 aromatic carbocycles. The molecule has 0 radical (unpaired) electrons. The summed E-state index contributed by atoms with van der Waals surface area (Å²) in [5.41, 5.74) is 0.0628. The van der Waals surface area contributed by atoms with Gasteiger partial charge in [-0.05, 0) is 6.07 Å². The Hall–Kier alpha value is -1.47. The van der Waals surface area contributed by atoms with Crippen molar-refractivity contribution in [1.29, 1.82) is 0 Å². The summed E-state index contributed by atoms with van der Waals surface area (Å²) in [5.74, 6) is -1.53. The molecule has 1 heterocycles. The van der Waals surface area contributed by atoms with Gasteiger partial charge in [0, 0.05) is 6.07 Å². The molecular weight excluding hydrogens is 222 g/mol. The summed E-state index contributed by atoms with van der Waals surface area (Å²) in [5, 5.41) is 8.66. The second-order valence-electron chi connectivity index (χ2n) is 2.92. The van der Waals surface area contributed by atoms with Crippen LogP contribution in [-0.2, 0) is 16.7 Å². The van der Waals surface area contributed by atoms with Gasteiger partial charge in [-0.1, -0.05) is 0 Å². The van der Waals surface area contributed by atoms with Crippen molar-refractivity contribution in [1.82, 2.24) is 0 Å². The molecule has 0 aliphatic rings. The number of carboxylic acids is 1. The van der Waals surface area contributed by atoms with Crippen LogP contribution in [0.4, 0.5) is 0 Å². The number of aryl methyl sites for hydroxylation is 1. The Balaban J connectivity index is 2.79. The van der Waals surface area contributed by atoms with Crippen LogP contribution in [0.3, 0.4) is 0 Å². The van der Waals surface area contributed by atoms with Crippen molar-refractivity contribution in [2.45, 2.75) is 6.54 Å². The van der Waals surface area contributed by atoms with Gasteiger partial charge in [-0.15, -0.1) is 0 Å². The second-order valence-corrected chi connectivity index (χ2v) is 4.49. The number of carboxylic acid groups (broad SMARTS) is 1. The molecule has 15 heavy (non-hydrogen) atoms. The Bertz CT molecular complexity index is 468. The van der Waals surface area contributed by atoms with Gasteiger partial charge in [0.15, 0.2) is 18.9 Å². The third kappa shape index (κ3) is 4.05. The lowest BCUT2D eigenvalue weighted by atomic mass is 10.3. The second kappa shape index (κ2) is 4.37. The van der Waals surface area contributed by atoms with Crippen LogP contribution in [0.5, 0.6) is 0 Å². The monoisotopic (exact) mass is 232 g/mol. The summed E-state index contributed by atoms with van der Waals surface area (Å²) in [6.07, 6.45) is 2.82. The van der Waals surface area contributed by atoms with Crippen molar-refractivity contribution in [3.63, 3.8) is 0 Å². The van der Waals surface area contributed by atoms with Crippen LogP contribution in [-0.4, -0.2) is 29.8 Å². The van der Waals surface area contributed by atoms with Crippen molar-refractivity contribution in [2.75, 3.05) is 5.75 Å². The molecule has 0 bridgehead atoms. The van der Waals surface area contributed by atoms with Crippen LogP contribution in [0.1, 0.15) is 10.4 Å². The average Bonchev–Trinajstić information content (AvgIpc) is 2.14. The van der Waals surface area contributed by atoms with Gasteiger partial charge in [-0.3, -0.25) is 4.55 Å². The van der Waals surface area contributed by atoms with Gasteiger partial charge in [0.1, 0.15) is 11.3 Å². The Morgan fingerprint density at radius 3 is 2.67 bits per heavy atom. The number of nitrogens with zero attached hydrogens (tertiary/aromatic N) is 1. The molecule has 1 rings (SSSR count). The fraction of sp³-hybridized carbons (Fsp3) is 0.250. The molecule has 6 nitrogen and oxygen atoms in total. The maximum Gasteiger partial charge on any atom is 0.341 e. The zero-order valence-electron chi connectivity index (χ0n) is 7.70. The molecule has 7 heteroatoms. The molecule has 1 aromatic rings. The van der Waals surface area contributed by atoms with Crippen LogP contribution < -0.4 is 4.57 Å². The molecule has 0 fully saturated rings. The number of hydrogen-bond acceptors (Lipinski definition) is 3. The molecule has 0 spiro atoms. The quantitative estimate of drug-likeness (QED) is 0.542. The summed E-state index contributed by atoms with van der Waals surface area (Å²) in [4.78, 5) is 10.6. The minimum Gasteiger partial charge on any atom is -0.477 e. The lowest BCUT2D eigenvalue weighted by Crippen LogP contribution is -2.37. The van der Waals surface area contributed by atoms with E-state index in [-0.39, 0.29) is 12.1 Å². The third-order valence-corrected chi connectivity index (χ3v) is 2.41. The minimum absolute atomic E-state index is 0.0138. The SMILES string of the molecule is O=C(O)c1ccc[n+](CCS(=O)(=O)O)c1. The van der Waals surface area contributed by atoms with Gasteiger partial charge in [-0.2, -0.15) is 8.42 Å². The molecule has 0 aliphatic carbocycles. The Morgan fingerprint density at radius 2 is 2.13 bits per heavy atom. The number of rotatable bonds is 4. The fourth-order valence-electron chi connectivity index (χ4n) is 1.01. The number of pyridine rings is 1. The third-order valence-electron chi connectivity index (χ3n) is 1.71. The topological polar surface area (TPSA) is 95.5 Å². The predicted molar refractivity (Wildman–Crippen MR) is 50.0 cm³/mol. The van der Waals surface area contributed by atoms with E-state index < -0.39 is 21.8 Å². The molecule has 2 N–H and O–H groups in total. The lowest BCUT2D eigenvalue weighted by Gasteiger charge is -1.96. The maximum absolute atomic E-state index is 10.6. The highest BCUT2D eigenvalue weighted by Gasteiger charge is 2.12. The highest BCUT2D eigenvalue weighted by Crippen LogP contribution is 1.93. The summed E-state index contributed by atoms with van der Waals surface area (Å²) < 4.78 is 30.8. The summed E-state index contributed by atoms with van der Waals surface area (Å²) in [6, 6.07) is 2.89. The zero-order valence-corrected chi connectivity index (χ0v) is 8.51. The Kier molecular flexibility index (Phi) is 3.38. The van der Waals surface area contributed by atoms with E-state index in [1.54, 1.807) is 0 Å². The van der Waals surface area contributed by atoms with Crippen molar-refractivity contribution in [2.24, 2.45) is 0 Å². The van der Waals surface area contributed by atoms with Crippen molar-refractivity contribution >= 4 is 16.1 Å². The van der Waals surface area contributed by atoms with Gasteiger partial charge < -0.3 is 5.11 Å². The average molecular weight is 232 g/mol. The van der Waals surface area contributed by atoms with Crippen molar-refractivity contribution in [3.05, 3.63) is 30.1 Å². The first-order chi connectivity index (χ1) is 6.88. The smallest absolute Gasteiger partial charge is 0.341 e. The molecule has 1 aromatic heterocycles. The molecular formula is C8H10NO5S+. The molecule has 0 saturated carbocycles. The zero-order chi connectivity index (χ0) is 11.5. The molecule has 0 atom stereocenters. The van der Waals surface area contributed by atoms with E-state index in [1.165, 1.54) is 29.1 Å². The number of carbonyl (C=O) groups is 1. The van der Waals surface area contributed by atoms with Crippen LogP contribution in [0.25, 0.3) is 0 Å². The van der Waals surface area contributed by atoms with Gasteiger partial charge in [0.05, 0.1) is 0 Å². The van der Waals surface area contributed by atoms with Crippen LogP contribution in [0.2, 0.25) is 0 Å². The Labute approximate surface area is 86.5 Å². The summed E-state index contributed by atoms with van der Waals surface area (Å²) in [7, 11) is -4.02. The number of aromatic carboxylic acids is 1. The van der Waals surface area contributed by atoms with E-state index in [1.807, 2.05) is 0 Å². The van der Waals surface area contributed by atoms with Gasteiger partial charge in [-0.25, -0.2) is 9.36 Å². The fourth-order valence-corrected chi connectivity index (χ4v) is 1.45. The lowest BCUT2D eigenvalue weighted by molar-refractivity contribution is -0.692. The number of aromatic nitrogens is 1. The van der Waals surface area contributed by atoms with E-state index in [0.717, 1.165) is 0 Å². The normalized spacial score (nSPS) is 11.3. The van der Waals surface area contributed by atoms with E-state index in [2.05, 4.69) is 0 Å². The first kappa shape index (κ1) is 11.6. The van der Waals surface area contributed by atoms with Crippen LogP contribution in [0, 0.1) is 0 Å². The maximum atomic E-state index is 10.6. The molecule has 0 amide bonds. The molecule has 0 saturated heterocycles. The van der Waals surface area contributed by atoms with E-state index in [9.17, 15) is 13.2 Å². The molecule has 0 aliphatic heterocycles. The Morgan fingerprint density at radius 1 is 1.47 bits per heavy atom. The standard InChI is InChI=1S/C8H9NO5S/c10-8(11)7-2-1-3-9(6-7)4-5-15(12,13)14/h1-3,6H,4-5H2,(H-,10,11,12,13,14)/p+1. The first-order valence-electron chi connectivity index (χ1n) is 4.06.